The average molecular weight is 351 g/mol. The van der Waals surface area contributed by atoms with Crippen LogP contribution in [0.25, 0.3) is 5.82 Å². The second-order valence-corrected chi connectivity index (χ2v) is 7.80. The Kier molecular flexibility index (Phi) is 5.10. The molecule has 24 heavy (non-hydrogen) atoms. The summed E-state index contributed by atoms with van der Waals surface area (Å²) in [6.45, 7) is 2.86. The predicted octanol–water partition coefficient (Wildman–Crippen LogP) is 1.25. The van der Waals surface area contributed by atoms with Crippen LogP contribution in [0.3, 0.4) is 0 Å². The van der Waals surface area contributed by atoms with Gasteiger partial charge in [-0.25, -0.2) is 17.4 Å². The van der Waals surface area contributed by atoms with Crippen molar-refractivity contribution in [3.8, 4) is 11.7 Å². The summed E-state index contributed by atoms with van der Waals surface area (Å²) in [6, 6.07) is 5.35. The van der Waals surface area contributed by atoms with E-state index in [1.165, 1.54) is 0 Å². The summed E-state index contributed by atoms with van der Waals surface area (Å²) in [5.74, 6) is 1.27. The smallest absolute Gasteiger partial charge is 0.233 e. The molecule has 0 aromatic carbocycles. The number of ether oxygens (including phenoxy) is 1. The van der Waals surface area contributed by atoms with Crippen molar-refractivity contribution in [2.24, 2.45) is 0 Å². The third kappa shape index (κ3) is 3.90. The topological polar surface area (TPSA) is 90.2 Å². The molecule has 0 spiro atoms. The minimum absolute atomic E-state index is 0.0390. The summed E-state index contributed by atoms with van der Waals surface area (Å²) in [5, 5.41) is 12.2. The van der Waals surface area contributed by atoms with Gasteiger partial charge < -0.3 is 4.74 Å². The van der Waals surface area contributed by atoms with E-state index in [2.05, 4.69) is 15.3 Å². The number of sulfonamides is 1. The van der Waals surface area contributed by atoms with Crippen molar-refractivity contribution in [1.82, 2.24) is 24.3 Å². The molecule has 3 heterocycles. The SMILES string of the molecule is CCCS(=O)(=O)N1CCC(Oc2ccc(-n3cccn3)nn2)CC1. The summed E-state index contributed by atoms with van der Waals surface area (Å²) < 4.78 is 33.1. The van der Waals surface area contributed by atoms with Gasteiger partial charge in [0.15, 0.2) is 5.82 Å². The van der Waals surface area contributed by atoms with Gasteiger partial charge in [0.05, 0.1) is 5.75 Å². The van der Waals surface area contributed by atoms with Gasteiger partial charge in [-0.05, 0) is 31.4 Å². The highest BCUT2D eigenvalue weighted by atomic mass is 32.2. The molecule has 1 fully saturated rings. The monoisotopic (exact) mass is 351 g/mol. The molecule has 3 rings (SSSR count). The first kappa shape index (κ1) is 16.8. The Morgan fingerprint density at radius 2 is 2.04 bits per heavy atom. The largest absolute Gasteiger partial charge is 0.473 e. The van der Waals surface area contributed by atoms with E-state index in [9.17, 15) is 8.42 Å². The molecule has 0 atom stereocenters. The third-order valence-electron chi connectivity index (χ3n) is 3.91. The maximum atomic E-state index is 12.1. The van der Waals surface area contributed by atoms with Crippen molar-refractivity contribution in [3.63, 3.8) is 0 Å². The first-order valence-corrected chi connectivity index (χ1v) is 9.67. The number of hydrogen-bond donors (Lipinski definition) is 0. The Morgan fingerprint density at radius 3 is 2.62 bits per heavy atom. The molecule has 0 amide bonds. The molecule has 0 saturated carbocycles. The predicted molar refractivity (Wildman–Crippen MR) is 88.5 cm³/mol. The van der Waals surface area contributed by atoms with Crippen molar-refractivity contribution in [2.45, 2.75) is 32.3 Å². The Bertz CT molecular complexity index is 738. The summed E-state index contributed by atoms with van der Waals surface area (Å²) >= 11 is 0. The van der Waals surface area contributed by atoms with Gasteiger partial charge >= 0.3 is 0 Å². The lowest BCUT2D eigenvalue weighted by atomic mass is 10.1. The number of aromatic nitrogens is 4. The summed E-state index contributed by atoms with van der Waals surface area (Å²) in [6.07, 6.45) is 5.38. The molecule has 0 unspecified atom stereocenters. The van der Waals surface area contributed by atoms with Crippen molar-refractivity contribution >= 4 is 10.0 Å². The quantitative estimate of drug-likeness (QED) is 0.778. The van der Waals surface area contributed by atoms with Crippen molar-refractivity contribution in [3.05, 3.63) is 30.6 Å². The summed E-state index contributed by atoms with van der Waals surface area (Å²) in [5.41, 5.74) is 0. The molecule has 2 aromatic rings. The van der Waals surface area contributed by atoms with E-state index in [1.54, 1.807) is 33.5 Å². The second kappa shape index (κ2) is 7.27. The molecular formula is C15H21N5O3S. The first-order chi connectivity index (χ1) is 11.6. The number of hydrogen-bond acceptors (Lipinski definition) is 6. The van der Waals surface area contributed by atoms with Crippen molar-refractivity contribution in [1.29, 1.82) is 0 Å². The zero-order valence-corrected chi connectivity index (χ0v) is 14.4. The highest BCUT2D eigenvalue weighted by Crippen LogP contribution is 2.19. The normalized spacial score (nSPS) is 17.0. The van der Waals surface area contributed by atoms with Crippen LogP contribution in [-0.2, 0) is 10.0 Å². The van der Waals surface area contributed by atoms with Crippen LogP contribution >= 0.6 is 0 Å². The van der Waals surface area contributed by atoms with Gasteiger partial charge in [-0.15, -0.1) is 10.2 Å². The number of piperidine rings is 1. The molecule has 0 radical (unpaired) electrons. The van der Waals surface area contributed by atoms with Crippen molar-refractivity contribution in [2.75, 3.05) is 18.8 Å². The molecule has 130 valence electrons. The van der Waals surface area contributed by atoms with Crippen LogP contribution in [0.2, 0.25) is 0 Å². The van der Waals surface area contributed by atoms with Crippen LogP contribution in [-0.4, -0.2) is 57.6 Å². The van der Waals surface area contributed by atoms with Gasteiger partial charge in [0.25, 0.3) is 0 Å². The van der Waals surface area contributed by atoms with Gasteiger partial charge in [0.2, 0.25) is 15.9 Å². The van der Waals surface area contributed by atoms with Crippen LogP contribution in [0, 0.1) is 0 Å². The van der Waals surface area contributed by atoms with Crippen molar-refractivity contribution < 1.29 is 13.2 Å². The molecule has 0 bridgehead atoms. The fourth-order valence-electron chi connectivity index (χ4n) is 2.69. The lowest BCUT2D eigenvalue weighted by molar-refractivity contribution is 0.128. The zero-order chi connectivity index (χ0) is 17.0. The molecule has 1 aliphatic rings. The van der Waals surface area contributed by atoms with Gasteiger partial charge in [0, 0.05) is 31.5 Å². The minimum atomic E-state index is -3.12. The van der Waals surface area contributed by atoms with E-state index < -0.39 is 10.0 Å². The van der Waals surface area contributed by atoms with E-state index in [-0.39, 0.29) is 11.9 Å². The molecule has 0 N–H and O–H groups in total. The Labute approximate surface area is 141 Å². The van der Waals surface area contributed by atoms with E-state index in [0.717, 1.165) is 0 Å². The lowest BCUT2D eigenvalue weighted by Crippen LogP contribution is -2.42. The van der Waals surface area contributed by atoms with E-state index in [4.69, 9.17) is 4.74 Å². The number of nitrogens with zero attached hydrogens (tertiary/aromatic N) is 5. The fourth-order valence-corrected chi connectivity index (χ4v) is 4.23. The van der Waals surface area contributed by atoms with Gasteiger partial charge in [0.1, 0.15) is 6.10 Å². The van der Waals surface area contributed by atoms with E-state index in [1.807, 2.05) is 13.0 Å². The van der Waals surface area contributed by atoms with E-state index in [0.29, 0.717) is 44.0 Å². The average Bonchev–Trinajstić information content (AvgIpc) is 3.10. The fraction of sp³-hybridized carbons (Fsp3) is 0.533. The molecule has 2 aromatic heterocycles. The second-order valence-electron chi connectivity index (χ2n) is 5.71. The van der Waals surface area contributed by atoms with Gasteiger partial charge in [-0.2, -0.15) is 5.10 Å². The van der Waals surface area contributed by atoms with Crippen LogP contribution in [0.5, 0.6) is 5.88 Å². The first-order valence-electron chi connectivity index (χ1n) is 8.07. The van der Waals surface area contributed by atoms with Crippen LogP contribution in [0.1, 0.15) is 26.2 Å². The molecule has 9 heteroatoms. The van der Waals surface area contributed by atoms with Crippen LogP contribution in [0.4, 0.5) is 0 Å². The lowest BCUT2D eigenvalue weighted by Gasteiger charge is -2.31. The Morgan fingerprint density at radius 1 is 1.25 bits per heavy atom. The zero-order valence-electron chi connectivity index (χ0n) is 13.6. The van der Waals surface area contributed by atoms with Gasteiger partial charge in [-0.3, -0.25) is 0 Å². The van der Waals surface area contributed by atoms with Crippen LogP contribution in [0.15, 0.2) is 30.6 Å². The highest BCUT2D eigenvalue weighted by Gasteiger charge is 2.28. The molecule has 8 nitrogen and oxygen atoms in total. The molecule has 0 aliphatic carbocycles. The minimum Gasteiger partial charge on any atom is -0.473 e. The maximum absolute atomic E-state index is 12.1. The Balaban J connectivity index is 1.55. The number of rotatable bonds is 6. The molecular weight excluding hydrogens is 330 g/mol. The highest BCUT2D eigenvalue weighted by molar-refractivity contribution is 7.89. The summed E-state index contributed by atoms with van der Waals surface area (Å²) in [7, 11) is -3.12. The summed E-state index contributed by atoms with van der Waals surface area (Å²) in [4.78, 5) is 0. The maximum Gasteiger partial charge on any atom is 0.233 e. The van der Waals surface area contributed by atoms with E-state index >= 15 is 0 Å². The molecule has 1 saturated heterocycles. The Hall–Kier alpha value is -2.00. The molecule has 1 aliphatic heterocycles. The standard InChI is InChI=1S/C15H21N5O3S/c1-2-12-24(21,22)19-10-6-13(7-11-19)23-15-5-4-14(17-18-15)20-9-3-8-16-20/h3-5,8-9,13H,2,6-7,10-12H2,1H3. The van der Waals surface area contributed by atoms with Gasteiger partial charge in [-0.1, -0.05) is 6.92 Å². The third-order valence-corrected chi connectivity index (χ3v) is 5.99. The van der Waals surface area contributed by atoms with Crippen LogP contribution < -0.4 is 4.74 Å².